The van der Waals surface area contributed by atoms with Gasteiger partial charge in [0.05, 0.1) is 16.1 Å². The highest BCUT2D eigenvalue weighted by molar-refractivity contribution is 7.92. The van der Waals surface area contributed by atoms with Gasteiger partial charge < -0.3 is 4.74 Å². The van der Waals surface area contributed by atoms with Crippen LogP contribution in [0.1, 0.15) is 34.0 Å². The molecule has 3 aromatic rings. The van der Waals surface area contributed by atoms with Gasteiger partial charge in [-0.3, -0.25) is 4.31 Å². The van der Waals surface area contributed by atoms with Crippen molar-refractivity contribution in [1.29, 1.82) is 0 Å². The van der Waals surface area contributed by atoms with Crippen LogP contribution in [0.2, 0.25) is 0 Å². The molecule has 30 heavy (non-hydrogen) atoms. The average molecular weight is 422 g/mol. The van der Waals surface area contributed by atoms with E-state index in [9.17, 15) is 13.2 Å². The van der Waals surface area contributed by atoms with Crippen LogP contribution in [0.4, 0.5) is 5.69 Å². The van der Waals surface area contributed by atoms with Crippen molar-refractivity contribution < 1.29 is 17.9 Å². The number of carbonyl (C=O) groups is 1. The molecule has 1 heterocycles. The van der Waals surface area contributed by atoms with Crippen molar-refractivity contribution >= 4 is 21.7 Å². The molecule has 0 N–H and O–H groups in total. The fourth-order valence-corrected chi connectivity index (χ4v) is 5.54. The zero-order valence-electron chi connectivity index (χ0n) is 16.9. The zero-order chi connectivity index (χ0) is 21.3. The molecular formula is C24H23NO4S. The molecule has 0 aromatic heterocycles. The minimum absolute atomic E-state index is 0.0800. The van der Waals surface area contributed by atoms with Gasteiger partial charge in [0.1, 0.15) is 6.61 Å². The number of nitrogens with zero attached hydrogens (tertiary/aromatic N) is 1. The van der Waals surface area contributed by atoms with Gasteiger partial charge >= 0.3 is 5.97 Å². The summed E-state index contributed by atoms with van der Waals surface area (Å²) in [6.45, 7) is 3.97. The Hall–Kier alpha value is -3.12. The van der Waals surface area contributed by atoms with Gasteiger partial charge in [0, 0.05) is 6.04 Å². The smallest absolute Gasteiger partial charge is 0.338 e. The lowest BCUT2D eigenvalue weighted by Gasteiger charge is -2.24. The molecule has 0 amide bonds. The third kappa shape index (κ3) is 3.71. The van der Waals surface area contributed by atoms with Crippen LogP contribution in [0.5, 0.6) is 0 Å². The van der Waals surface area contributed by atoms with Gasteiger partial charge in [-0.05, 0) is 61.2 Å². The molecule has 5 nitrogen and oxygen atoms in total. The molecule has 6 heteroatoms. The third-order valence-electron chi connectivity index (χ3n) is 5.39. The minimum Gasteiger partial charge on any atom is -0.457 e. The average Bonchev–Trinajstić information content (AvgIpc) is 3.09. The SMILES string of the molecule is Cc1ccccc1COC(=O)c1cccc(S(=O)(=O)N2c3ccccc3C[C@@H]2C)c1. The van der Waals surface area contributed by atoms with E-state index in [-0.39, 0.29) is 23.1 Å². The summed E-state index contributed by atoms with van der Waals surface area (Å²) in [5.74, 6) is -0.551. The molecule has 4 rings (SSSR count). The Labute approximate surface area is 177 Å². The summed E-state index contributed by atoms with van der Waals surface area (Å²) in [6, 6.07) is 21.0. The number of ether oxygens (including phenoxy) is 1. The largest absolute Gasteiger partial charge is 0.457 e. The number of hydrogen-bond donors (Lipinski definition) is 0. The second kappa shape index (κ2) is 7.95. The lowest BCUT2D eigenvalue weighted by molar-refractivity contribution is 0.0472. The first-order valence-electron chi connectivity index (χ1n) is 9.82. The molecule has 0 spiro atoms. The molecule has 1 atom stereocenters. The molecule has 3 aromatic carbocycles. The van der Waals surface area contributed by atoms with Crippen molar-refractivity contribution in [2.24, 2.45) is 0 Å². The Bertz CT molecular complexity index is 1200. The number of benzene rings is 3. The summed E-state index contributed by atoms with van der Waals surface area (Å²) < 4.78 is 33.6. The molecule has 0 aliphatic carbocycles. The van der Waals surface area contributed by atoms with Crippen molar-refractivity contribution in [2.75, 3.05) is 4.31 Å². The maximum atomic E-state index is 13.4. The van der Waals surface area contributed by atoms with E-state index in [4.69, 9.17) is 4.74 Å². The van der Waals surface area contributed by atoms with Crippen LogP contribution in [0.15, 0.2) is 77.7 Å². The number of esters is 1. The molecule has 0 saturated heterocycles. The summed E-state index contributed by atoms with van der Waals surface area (Å²) in [4.78, 5) is 12.6. The number of hydrogen-bond acceptors (Lipinski definition) is 4. The Kier molecular flexibility index (Phi) is 5.35. The van der Waals surface area contributed by atoms with Crippen LogP contribution in [-0.2, 0) is 27.8 Å². The topological polar surface area (TPSA) is 63.7 Å². The molecule has 0 bridgehead atoms. The van der Waals surface area contributed by atoms with E-state index in [1.54, 1.807) is 12.1 Å². The predicted molar refractivity (Wildman–Crippen MR) is 116 cm³/mol. The summed E-state index contributed by atoms with van der Waals surface area (Å²) in [5.41, 5.74) is 3.85. The Morgan fingerprint density at radius 2 is 1.77 bits per heavy atom. The van der Waals surface area contributed by atoms with E-state index in [0.717, 1.165) is 16.7 Å². The number of aryl methyl sites for hydroxylation is 1. The van der Waals surface area contributed by atoms with Crippen molar-refractivity contribution in [2.45, 2.75) is 37.8 Å². The highest BCUT2D eigenvalue weighted by Crippen LogP contribution is 2.36. The second-order valence-corrected chi connectivity index (χ2v) is 9.33. The normalized spacial score (nSPS) is 15.7. The second-order valence-electron chi connectivity index (χ2n) is 7.51. The fourth-order valence-electron chi connectivity index (χ4n) is 3.80. The Morgan fingerprint density at radius 3 is 2.57 bits per heavy atom. The van der Waals surface area contributed by atoms with E-state index < -0.39 is 16.0 Å². The van der Waals surface area contributed by atoms with Gasteiger partial charge in [-0.25, -0.2) is 13.2 Å². The van der Waals surface area contributed by atoms with Crippen molar-refractivity contribution in [1.82, 2.24) is 0 Å². The molecule has 0 radical (unpaired) electrons. The zero-order valence-corrected chi connectivity index (χ0v) is 17.7. The van der Waals surface area contributed by atoms with Crippen molar-refractivity contribution in [3.63, 3.8) is 0 Å². The maximum Gasteiger partial charge on any atom is 0.338 e. The van der Waals surface area contributed by atoms with Crippen LogP contribution >= 0.6 is 0 Å². The van der Waals surface area contributed by atoms with Crippen molar-refractivity contribution in [3.05, 3.63) is 95.1 Å². The summed E-state index contributed by atoms with van der Waals surface area (Å²) in [7, 11) is -3.81. The van der Waals surface area contributed by atoms with E-state index in [2.05, 4.69) is 0 Å². The number of anilines is 1. The number of para-hydroxylation sites is 1. The highest BCUT2D eigenvalue weighted by Gasteiger charge is 2.36. The van der Waals surface area contributed by atoms with E-state index >= 15 is 0 Å². The van der Waals surface area contributed by atoms with Crippen LogP contribution in [0.3, 0.4) is 0 Å². The summed E-state index contributed by atoms with van der Waals surface area (Å²) >= 11 is 0. The number of carbonyl (C=O) groups excluding carboxylic acids is 1. The van der Waals surface area contributed by atoms with Crippen LogP contribution < -0.4 is 4.31 Å². The molecule has 1 aliphatic rings. The lowest BCUT2D eigenvalue weighted by Crippen LogP contribution is -2.35. The van der Waals surface area contributed by atoms with E-state index in [0.29, 0.717) is 12.1 Å². The molecular weight excluding hydrogens is 398 g/mol. The highest BCUT2D eigenvalue weighted by atomic mass is 32.2. The molecule has 0 fully saturated rings. The van der Waals surface area contributed by atoms with Gasteiger partial charge in [0.25, 0.3) is 10.0 Å². The van der Waals surface area contributed by atoms with Crippen LogP contribution in [-0.4, -0.2) is 20.4 Å². The molecule has 0 saturated carbocycles. The van der Waals surface area contributed by atoms with Crippen LogP contribution in [0, 0.1) is 6.92 Å². The maximum absolute atomic E-state index is 13.4. The monoisotopic (exact) mass is 421 g/mol. The summed E-state index contributed by atoms with van der Waals surface area (Å²) in [6.07, 6.45) is 0.660. The van der Waals surface area contributed by atoms with Gasteiger partial charge in [0.15, 0.2) is 0 Å². The van der Waals surface area contributed by atoms with Crippen molar-refractivity contribution in [3.8, 4) is 0 Å². The van der Waals surface area contributed by atoms with Gasteiger partial charge in [0.2, 0.25) is 0 Å². The fraction of sp³-hybridized carbons (Fsp3) is 0.208. The molecule has 154 valence electrons. The number of sulfonamides is 1. The predicted octanol–water partition coefficient (Wildman–Crippen LogP) is 4.49. The number of rotatable bonds is 5. The van der Waals surface area contributed by atoms with E-state index in [1.807, 2.05) is 62.4 Å². The number of fused-ring (bicyclic) bond motifs is 1. The lowest BCUT2D eigenvalue weighted by atomic mass is 10.1. The van der Waals surface area contributed by atoms with Crippen LogP contribution in [0.25, 0.3) is 0 Å². The van der Waals surface area contributed by atoms with Gasteiger partial charge in [-0.2, -0.15) is 0 Å². The molecule has 1 aliphatic heterocycles. The third-order valence-corrected chi connectivity index (χ3v) is 7.32. The first kappa shape index (κ1) is 20.2. The Morgan fingerprint density at radius 1 is 1.03 bits per heavy atom. The quantitative estimate of drug-likeness (QED) is 0.570. The summed E-state index contributed by atoms with van der Waals surface area (Å²) in [5, 5.41) is 0. The standard InChI is InChI=1S/C24H23NO4S/c1-17-8-3-4-10-21(17)16-29-24(26)20-11-7-12-22(15-20)30(27,28)25-18(2)14-19-9-5-6-13-23(19)25/h3-13,15,18H,14,16H2,1-2H3/t18-/m0/s1. The minimum atomic E-state index is -3.81. The van der Waals surface area contributed by atoms with Gasteiger partial charge in [-0.1, -0.05) is 48.5 Å². The first-order valence-corrected chi connectivity index (χ1v) is 11.3. The van der Waals surface area contributed by atoms with E-state index in [1.165, 1.54) is 16.4 Å². The van der Waals surface area contributed by atoms with Gasteiger partial charge in [-0.15, -0.1) is 0 Å². The molecule has 0 unspecified atom stereocenters. The Balaban J connectivity index is 1.58. The first-order chi connectivity index (χ1) is 14.4.